The van der Waals surface area contributed by atoms with Crippen LogP contribution in [0.2, 0.25) is 5.15 Å². The van der Waals surface area contributed by atoms with E-state index >= 15 is 0 Å². The summed E-state index contributed by atoms with van der Waals surface area (Å²) in [6.07, 6.45) is 1.12. The van der Waals surface area contributed by atoms with Crippen molar-refractivity contribution in [3.05, 3.63) is 40.0 Å². The predicted octanol–water partition coefficient (Wildman–Crippen LogP) is 3.54. The molecule has 0 spiro atoms. The van der Waals surface area contributed by atoms with Crippen molar-refractivity contribution in [1.29, 1.82) is 0 Å². The lowest BCUT2D eigenvalue weighted by atomic mass is 10.0. The second-order valence-corrected chi connectivity index (χ2v) is 7.48. The van der Waals surface area contributed by atoms with Gasteiger partial charge in [0, 0.05) is 22.5 Å². The van der Waals surface area contributed by atoms with E-state index in [0.717, 1.165) is 20.9 Å². The van der Waals surface area contributed by atoms with E-state index in [4.69, 9.17) is 11.6 Å². The maximum atomic E-state index is 12.6. The van der Waals surface area contributed by atoms with Gasteiger partial charge >= 0.3 is 0 Å². The van der Waals surface area contributed by atoms with Gasteiger partial charge in [-0.15, -0.1) is 11.3 Å². The number of hydrogen-bond acceptors (Lipinski definition) is 4. The standard InChI is InChI=1S/C16H17ClN2O2S/c1-9(20)8-19-15(21)11-7-12(22-14(11)16(19,2)3)10-4-5-18-13(17)6-10/h4-7,9,20H,8H2,1-3H3/t9-/m1/s1. The van der Waals surface area contributed by atoms with Crippen molar-refractivity contribution in [2.75, 3.05) is 6.54 Å². The maximum Gasteiger partial charge on any atom is 0.255 e. The van der Waals surface area contributed by atoms with Crippen LogP contribution in [0.15, 0.2) is 24.4 Å². The second kappa shape index (κ2) is 5.33. The number of pyridine rings is 1. The molecule has 0 radical (unpaired) electrons. The fourth-order valence-electron chi connectivity index (χ4n) is 2.80. The van der Waals surface area contributed by atoms with Crippen molar-refractivity contribution in [3.8, 4) is 10.4 Å². The number of hydrogen-bond donors (Lipinski definition) is 1. The summed E-state index contributed by atoms with van der Waals surface area (Å²) in [6, 6.07) is 5.60. The number of aliphatic hydroxyl groups excluding tert-OH is 1. The Bertz CT molecular complexity index is 739. The number of thiophene rings is 1. The molecule has 2 aromatic heterocycles. The summed E-state index contributed by atoms with van der Waals surface area (Å²) in [6.45, 7) is 6.06. The fraction of sp³-hybridized carbons (Fsp3) is 0.375. The van der Waals surface area contributed by atoms with Crippen molar-refractivity contribution in [3.63, 3.8) is 0 Å². The van der Waals surface area contributed by atoms with E-state index in [1.54, 1.807) is 35.4 Å². The number of nitrogens with zero attached hydrogens (tertiary/aromatic N) is 2. The predicted molar refractivity (Wildman–Crippen MR) is 88.3 cm³/mol. The molecule has 0 unspecified atom stereocenters. The van der Waals surface area contributed by atoms with Crippen LogP contribution in [0, 0.1) is 0 Å². The van der Waals surface area contributed by atoms with Gasteiger partial charge in [0.2, 0.25) is 0 Å². The molecule has 1 N–H and O–H groups in total. The highest BCUT2D eigenvalue weighted by atomic mass is 35.5. The molecule has 1 aliphatic rings. The first kappa shape index (κ1) is 15.5. The summed E-state index contributed by atoms with van der Waals surface area (Å²) < 4.78 is 0. The van der Waals surface area contributed by atoms with Crippen molar-refractivity contribution < 1.29 is 9.90 Å². The van der Waals surface area contributed by atoms with Crippen molar-refractivity contribution in [2.45, 2.75) is 32.4 Å². The number of fused-ring (bicyclic) bond motifs is 1. The Labute approximate surface area is 138 Å². The Morgan fingerprint density at radius 3 is 2.77 bits per heavy atom. The van der Waals surface area contributed by atoms with E-state index in [2.05, 4.69) is 4.98 Å². The summed E-state index contributed by atoms with van der Waals surface area (Å²) in [4.78, 5) is 20.4. The molecular weight excluding hydrogens is 320 g/mol. The second-order valence-electron chi connectivity index (χ2n) is 6.04. The van der Waals surface area contributed by atoms with Crippen LogP contribution in [0.5, 0.6) is 0 Å². The van der Waals surface area contributed by atoms with Gasteiger partial charge in [0.15, 0.2) is 0 Å². The first-order valence-electron chi connectivity index (χ1n) is 7.07. The van der Waals surface area contributed by atoms with Gasteiger partial charge in [0.1, 0.15) is 5.15 Å². The molecule has 0 fully saturated rings. The Morgan fingerprint density at radius 1 is 1.45 bits per heavy atom. The fourth-order valence-corrected chi connectivity index (χ4v) is 4.23. The molecular formula is C16H17ClN2O2S. The van der Waals surface area contributed by atoms with Gasteiger partial charge in [-0.3, -0.25) is 4.79 Å². The molecule has 0 aliphatic carbocycles. The smallest absolute Gasteiger partial charge is 0.255 e. The zero-order valence-corrected chi connectivity index (χ0v) is 14.2. The van der Waals surface area contributed by atoms with Crippen LogP contribution in [0.25, 0.3) is 10.4 Å². The largest absolute Gasteiger partial charge is 0.392 e. The first-order chi connectivity index (χ1) is 10.3. The van der Waals surface area contributed by atoms with E-state index in [1.165, 1.54) is 0 Å². The number of rotatable bonds is 3. The Morgan fingerprint density at radius 2 is 2.18 bits per heavy atom. The highest BCUT2D eigenvalue weighted by molar-refractivity contribution is 7.16. The van der Waals surface area contributed by atoms with Crippen molar-refractivity contribution >= 4 is 28.8 Å². The molecule has 22 heavy (non-hydrogen) atoms. The summed E-state index contributed by atoms with van der Waals surface area (Å²) in [7, 11) is 0. The Kier molecular flexibility index (Phi) is 3.75. The molecule has 0 saturated carbocycles. The van der Waals surface area contributed by atoms with E-state index in [0.29, 0.717) is 11.7 Å². The van der Waals surface area contributed by atoms with Crippen LogP contribution < -0.4 is 0 Å². The van der Waals surface area contributed by atoms with Gasteiger partial charge in [0.05, 0.1) is 17.2 Å². The van der Waals surface area contributed by atoms with Crippen LogP contribution in [0.3, 0.4) is 0 Å². The lowest BCUT2D eigenvalue weighted by Crippen LogP contribution is -2.43. The van der Waals surface area contributed by atoms with Crippen LogP contribution in [0.1, 0.15) is 36.0 Å². The minimum atomic E-state index is -0.546. The van der Waals surface area contributed by atoms with Crippen LogP contribution >= 0.6 is 22.9 Å². The van der Waals surface area contributed by atoms with Gasteiger partial charge in [-0.05, 0) is 44.5 Å². The van der Waals surface area contributed by atoms with Crippen molar-refractivity contribution in [2.24, 2.45) is 0 Å². The lowest BCUT2D eigenvalue weighted by molar-refractivity contribution is 0.0452. The lowest BCUT2D eigenvalue weighted by Gasteiger charge is -2.33. The van der Waals surface area contributed by atoms with Gasteiger partial charge in [0.25, 0.3) is 5.91 Å². The third-order valence-electron chi connectivity index (χ3n) is 3.90. The highest BCUT2D eigenvalue weighted by Gasteiger charge is 2.45. The number of aliphatic hydroxyl groups is 1. The summed E-state index contributed by atoms with van der Waals surface area (Å²) >= 11 is 7.54. The number of carbonyl (C=O) groups is 1. The molecule has 1 atom stereocenters. The highest BCUT2D eigenvalue weighted by Crippen LogP contribution is 2.46. The molecule has 3 rings (SSSR count). The normalized spacial score (nSPS) is 17.7. The number of carbonyl (C=O) groups excluding carboxylic acids is 1. The SMILES string of the molecule is C[C@@H](O)CN1C(=O)c2cc(-c3ccnc(Cl)c3)sc2C1(C)C. The van der Waals surface area contributed by atoms with E-state index < -0.39 is 11.6 Å². The number of amides is 1. The Hall–Kier alpha value is -1.43. The average molecular weight is 337 g/mol. The molecule has 0 bridgehead atoms. The van der Waals surface area contributed by atoms with Gasteiger partial charge < -0.3 is 10.0 Å². The molecule has 0 saturated heterocycles. The third kappa shape index (κ3) is 2.43. The van der Waals surface area contributed by atoms with Crippen LogP contribution in [-0.2, 0) is 5.54 Å². The van der Waals surface area contributed by atoms with E-state index in [-0.39, 0.29) is 5.91 Å². The number of β-amino-alcohol motifs (C(OH)–C–C–N with tert-alkyl or cyclic N) is 1. The molecule has 1 aliphatic heterocycles. The van der Waals surface area contributed by atoms with E-state index in [1.807, 2.05) is 26.0 Å². The minimum Gasteiger partial charge on any atom is -0.392 e. The Balaban J connectivity index is 2.02. The summed E-state index contributed by atoms with van der Waals surface area (Å²) in [5, 5.41) is 10.1. The third-order valence-corrected chi connectivity index (χ3v) is 5.60. The molecule has 3 heterocycles. The van der Waals surface area contributed by atoms with Crippen LogP contribution in [0.4, 0.5) is 0 Å². The molecule has 116 valence electrons. The average Bonchev–Trinajstić information content (AvgIpc) is 2.95. The summed E-state index contributed by atoms with van der Waals surface area (Å²) in [5.41, 5.74) is 1.27. The van der Waals surface area contributed by atoms with Gasteiger partial charge in [-0.25, -0.2) is 4.98 Å². The monoisotopic (exact) mass is 336 g/mol. The van der Waals surface area contributed by atoms with Gasteiger partial charge in [-0.1, -0.05) is 11.6 Å². The number of aromatic nitrogens is 1. The molecule has 6 heteroatoms. The summed E-state index contributed by atoms with van der Waals surface area (Å²) in [5.74, 6) is -0.0245. The zero-order chi connectivity index (χ0) is 16.1. The van der Waals surface area contributed by atoms with Gasteiger partial charge in [-0.2, -0.15) is 0 Å². The van der Waals surface area contributed by atoms with Crippen molar-refractivity contribution in [1.82, 2.24) is 9.88 Å². The van der Waals surface area contributed by atoms with Crippen LogP contribution in [-0.4, -0.2) is 33.5 Å². The topological polar surface area (TPSA) is 53.4 Å². The molecule has 4 nitrogen and oxygen atoms in total. The zero-order valence-electron chi connectivity index (χ0n) is 12.6. The first-order valence-corrected chi connectivity index (χ1v) is 8.26. The number of halogens is 1. The molecule has 1 amide bonds. The maximum absolute atomic E-state index is 12.6. The minimum absolute atomic E-state index is 0.0245. The molecule has 0 aromatic carbocycles. The quantitative estimate of drug-likeness (QED) is 0.872. The molecule has 2 aromatic rings. The van der Waals surface area contributed by atoms with E-state index in [9.17, 15) is 9.90 Å².